The Labute approximate surface area is 150 Å². The van der Waals surface area contributed by atoms with Gasteiger partial charge in [-0.15, -0.1) is 0 Å². The van der Waals surface area contributed by atoms with Crippen LogP contribution in [0, 0.1) is 20.2 Å². The van der Waals surface area contributed by atoms with Gasteiger partial charge in [0.05, 0.1) is 15.6 Å². The molecule has 26 heavy (non-hydrogen) atoms. The predicted molar refractivity (Wildman–Crippen MR) is 97.5 cm³/mol. The van der Waals surface area contributed by atoms with E-state index in [1.807, 2.05) is 0 Å². The third-order valence-corrected chi connectivity index (χ3v) is 4.28. The molecule has 0 radical (unpaired) electrons. The molecule has 0 aliphatic rings. The van der Waals surface area contributed by atoms with Crippen molar-refractivity contribution in [3.8, 4) is 0 Å². The smallest absolute Gasteiger partial charge is 0.273 e. The fraction of sp³-hybridized carbons (Fsp3) is 0.278. The summed E-state index contributed by atoms with van der Waals surface area (Å²) in [4.78, 5) is 26.7. The van der Waals surface area contributed by atoms with E-state index in [2.05, 4.69) is 5.16 Å². The molecule has 2 aromatic rings. The summed E-state index contributed by atoms with van der Waals surface area (Å²) in [6.07, 6.45) is 0. The highest BCUT2D eigenvalue weighted by Crippen LogP contribution is 2.35. The molecule has 0 spiro atoms. The number of nitro groups is 2. The lowest BCUT2D eigenvalue weighted by atomic mass is 9.84. The number of rotatable bonds is 7. The summed E-state index contributed by atoms with van der Waals surface area (Å²) in [5.74, 6) is -0.933. The van der Waals surface area contributed by atoms with Gasteiger partial charge in [-0.1, -0.05) is 55.4 Å². The first-order valence-electron chi connectivity index (χ1n) is 7.96. The minimum Gasteiger partial charge on any atom is -0.399 e. The first-order valence-corrected chi connectivity index (χ1v) is 7.96. The molecule has 8 nitrogen and oxygen atoms in total. The van der Waals surface area contributed by atoms with E-state index in [4.69, 9.17) is 4.84 Å². The van der Waals surface area contributed by atoms with E-state index in [9.17, 15) is 20.2 Å². The molecule has 0 aliphatic heterocycles. The van der Waals surface area contributed by atoms with Crippen LogP contribution < -0.4 is 0 Å². The number of para-hydroxylation sites is 2. The van der Waals surface area contributed by atoms with Gasteiger partial charge in [0, 0.05) is 35.1 Å². The number of nitrogens with zero attached hydrogens (tertiary/aromatic N) is 3. The fourth-order valence-corrected chi connectivity index (χ4v) is 3.00. The normalized spacial score (nSPS) is 12.7. The average molecular weight is 357 g/mol. The third-order valence-electron chi connectivity index (χ3n) is 4.28. The maximum atomic E-state index is 11.3. The quantitative estimate of drug-likeness (QED) is 0.414. The lowest BCUT2D eigenvalue weighted by Gasteiger charge is -2.20. The Morgan fingerprint density at radius 2 is 1.27 bits per heavy atom. The molecule has 0 bridgehead atoms. The van der Waals surface area contributed by atoms with Crippen molar-refractivity contribution in [2.24, 2.45) is 5.16 Å². The van der Waals surface area contributed by atoms with Crippen molar-refractivity contribution in [3.63, 3.8) is 0 Å². The zero-order chi connectivity index (χ0) is 19.3. The largest absolute Gasteiger partial charge is 0.399 e. The van der Waals surface area contributed by atoms with Crippen molar-refractivity contribution in [2.75, 3.05) is 7.11 Å². The molecule has 2 rings (SSSR count). The van der Waals surface area contributed by atoms with Crippen molar-refractivity contribution in [1.82, 2.24) is 0 Å². The van der Waals surface area contributed by atoms with Gasteiger partial charge in [-0.25, -0.2) is 0 Å². The number of hydrogen-bond acceptors (Lipinski definition) is 6. The van der Waals surface area contributed by atoms with E-state index in [0.29, 0.717) is 16.8 Å². The highest BCUT2D eigenvalue weighted by atomic mass is 16.6. The Morgan fingerprint density at radius 1 is 0.885 bits per heavy atom. The first kappa shape index (κ1) is 19.0. The highest BCUT2D eigenvalue weighted by molar-refractivity contribution is 5.97. The van der Waals surface area contributed by atoms with E-state index in [1.165, 1.54) is 19.2 Å². The van der Waals surface area contributed by atoms with Gasteiger partial charge in [0.2, 0.25) is 0 Å². The lowest BCUT2D eigenvalue weighted by Crippen LogP contribution is -2.19. The van der Waals surface area contributed by atoms with Crippen LogP contribution >= 0.6 is 0 Å². The zero-order valence-corrected chi connectivity index (χ0v) is 14.7. The highest BCUT2D eigenvalue weighted by Gasteiger charge is 2.30. The Bertz CT molecular complexity index is 785. The van der Waals surface area contributed by atoms with E-state index >= 15 is 0 Å². The van der Waals surface area contributed by atoms with Crippen LogP contribution in [0.4, 0.5) is 11.4 Å². The molecule has 0 fully saturated rings. The van der Waals surface area contributed by atoms with Crippen LogP contribution in [0.1, 0.15) is 36.8 Å². The van der Waals surface area contributed by atoms with Gasteiger partial charge in [-0.05, 0) is 0 Å². The first-order chi connectivity index (χ1) is 12.4. The van der Waals surface area contributed by atoms with Crippen LogP contribution in [0.3, 0.4) is 0 Å². The fourth-order valence-electron chi connectivity index (χ4n) is 3.00. The van der Waals surface area contributed by atoms with Crippen molar-refractivity contribution >= 4 is 17.1 Å². The summed E-state index contributed by atoms with van der Waals surface area (Å²) in [6, 6.07) is 12.7. The van der Waals surface area contributed by atoms with Gasteiger partial charge in [-0.3, -0.25) is 20.2 Å². The van der Waals surface area contributed by atoms with E-state index in [0.717, 1.165) is 0 Å². The van der Waals surface area contributed by atoms with Crippen LogP contribution in [0.15, 0.2) is 53.7 Å². The molecule has 0 N–H and O–H groups in total. The third kappa shape index (κ3) is 3.85. The summed E-state index contributed by atoms with van der Waals surface area (Å²) >= 11 is 0. The van der Waals surface area contributed by atoms with Crippen LogP contribution in [-0.4, -0.2) is 22.7 Å². The number of oxime groups is 1. The van der Waals surface area contributed by atoms with Crippen molar-refractivity contribution < 1.29 is 14.7 Å². The Morgan fingerprint density at radius 3 is 1.62 bits per heavy atom. The Kier molecular flexibility index (Phi) is 6.00. The standard InChI is InChI=1S/C18H19N3O5/c1-12(14-8-4-6-10-16(14)20(22)23)18(19-26-3)13(2)15-9-5-7-11-17(15)21(24)25/h4-13H,1-3H3. The number of nitro benzene ring substituents is 2. The summed E-state index contributed by atoms with van der Waals surface area (Å²) < 4.78 is 0. The van der Waals surface area contributed by atoms with Crippen LogP contribution in [0.5, 0.6) is 0 Å². The molecule has 2 unspecified atom stereocenters. The van der Waals surface area contributed by atoms with Gasteiger partial charge < -0.3 is 4.84 Å². The van der Waals surface area contributed by atoms with Gasteiger partial charge in [-0.2, -0.15) is 0 Å². The SMILES string of the molecule is CON=C(C(C)c1ccccc1[N+](=O)[O-])C(C)c1ccccc1[N+](=O)[O-]. The molecule has 0 amide bonds. The molecule has 2 aromatic carbocycles. The molecule has 2 atom stereocenters. The maximum absolute atomic E-state index is 11.3. The van der Waals surface area contributed by atoms with Crippen LogP contribution in [-0.2, 0) is 4.84 Å². The van der Waals surface area contributed by atoms with Crippen LogP contribution in [0.25, 0.3) is 0 Å². The molecule has 0 aromatic heterocycles. The van der Waals surface area contributed by atoms with Crippen LogP contribution in [0.2, 0.25) is 0 Å². The summed E-state index contributed by atoms with van der Waals surface area (Å²) in [7, 11) is 1.37. The van der Waals surface area contributed by atoms with Gasteiger partial charge in [0.1, 0.15) is 7.11 Å². The van der Waals surface area contributed by atoms with Gasteiger partial charge >= 0.3 is 0 Å². The second-order valence-electron chi connectivity index (χ2n) is 5.77. The Balaban J connectivity index is 2.52. The molecule has 0 heterocycles. The van der Waals surface area contributed by atoms with E-state index < -0.39 is 21.7 Å². The van der Waals surface area contributed by atoms with Gasteiger partial charge in [0.15, 0.2) is 0 Å². The van der Waals surface area contributed by atoms with Gasteiger partial charge in [0.25, 0.3) is 11.4 Å². The monoisotopic (exact) mass is 357 g/mol. The average Bonchev–Trinajstić information content (AvgIpc) is 2.65. The lowest BCUT2D eigenvalue weighted by molar-refractivity contribution is -0.385. The second-order valence-corrected chi connectivity index (χ2v) is 5.77. The Hall–Kier alpha value is -3.29. The maximum Gasteiger partial charge on any atom is 0.273 e. The molecule has 8 heteroatoms. The van der Waals surface area contributed by atoms with Crippen molar-refractivity contribution in [3.05, 3.63) is 79.9 Å². The van der Waals surface area contributed by atoms with E-state index in [1.54, 1.807) is 50.2 Å². The molecule has 136 valence electrons. The van der Waals surface area contributed by atoms with E-state index in [-0.39, 0.29) is 11.4 Å². The second kappa shape index (κ2) is 8.19. The van der Waals surface area contributed by atoms with Crippen molar-refractivity contribution in [1.29, 1.82) is 0 Å². The molecule has 0 aliphatic carbocycles. The number of hydrogen-bond donors (Lipinski definition) is 0. The predicted octanol–water partition coefficient (Wildman–Crippen LogP) is 4.41. The summed E-state index contributed by atoms with van der Waals surface area (Å²) in [5, 5.41) is 26.7. The molecular weight excluding hydrogens is 338 g/mol. The zero-order valence-electron chi connectivity index (χ0n) is 14.7. The minimum atomic E-state index is -0.466. The molecule has 0 saturated carbocycles. The summed E-state index contributed by atoms with van der Waals surface area (Å²) in [5.41, 5.74) is 1.35. The molecular formula is C18H19N3O5. The summed E-state index contributed by atoms with van der Waals surface area (Å²) in [6.45, 7) is 3.54. The van der Waals surface area contributed by atoms with Crippen molar-refractivity contribution in [2.45, 2.75) is 25.7 Å². The minimum absolute atomic E-state index is 0.0291. The molecule has 0 saturated heterocycles. The topological polar surface area (TPSA) is 108 Å². The number of benzene rings is 2.